The van der Waals surface area contributed by atoms with Crippen LogP contribution in [-0.2, 0) is 9.84 Å². The summed E-state index contributed by atoms with van der Waals surface area (Å²) in [5.74, 6) is 0.363. The van der Waals surface area contributed by atoms with Gasteiger partial charge < -0.3 is 5.32 Å². The largest absolute Gasteiger partial charge is 0.338 e. The van der Waals surface area contributed by atoms with Crippen molar-refractivity contribution in [1.29, 1.82) is 0 Å². The zero-order chi connectivity index (χ0) is 18.7. The van der Waals surface area contributed by atoms with Crippen molar-refractivity contribution >= 4 is 32.9 Å². The summed E-state index contributed by atoms with van der Waals surface area (Å²) >= 11 is 0. The number of urea groups is 1. The molecule has 9 heteroatoms. The third kappa shape index (κ3) is 3.94. The first-order valence-corrected chi connectivity index (χ1v) is 9.75. The molecule has 26 heavy (non-hydrogen) atoms. The van der Waals surface area contributed by atoms with Crippen molar-refractivity contribution in [2.75, 3.05) is 18.1 Å². The summed E-state index contributed by atoms with van der Waals surface area (Å²) in [5.41, 5.74) is 2.24. The van der Waals surface area contributed by atoms with Crippen LogP contribution < -0.4 is 10.6 Å². The lowest BCUT2D eigenvalue weighted by atomic mass is 10.1. The molecule has 3 rings (SSSR count). The van der Waals surface area contributed by atoms with Gasteiger partial charge in [0, 0.05) is 18.4 Å². The summed E-state index contributed by atoms with van der Waals surface area (Å²) in [6, 6.07) is 9.40. The maximum Gasteiger partial charge on any atom is 0.320 e. The van der Waals surface area contributed by atoms with Gasteiger partial charge in [-0.3, -0.25) is 10.3 Å². The van der Waals surface area contributed by atoms with Gasteiger partial charge >= 0.3 is 6.03 Å². The smallest absolute Gasteiger partial charge is 0.320 e. The molecular weight excluding hydrogens is 354 g/mol. The first-order valence-electron chi connectivity index (χ1n) is 7.86. The third-order valence-corrected chi connectivity index (χ3v) is 4.69. The molecule has 1 aromatic carbocycles. The van der Waals surface area contributed by atoms with Gasteiger partial charge in [-0.1, -0.05) is 12.1 Å². The van der Waals surface area contributed by atoms with E-state index in [1.165, 1.54) is 12.1 Å². The molecule has 0 unspecified atom stereocenters. The van der Waals surface area contributed by atoms with Gasteiger partial charge in [0.2, 0.25) is 0 Å². The quantitative estimate of drug-likeness (QED) is 0.727. The van der Waals surface area contributed by atoms with Crippen LogP contribution in [0.25, 0.3) is 22.4 Å². The fraction of sp³-hybridized carbons (Fsp3) is 0.176. The van der Waals surface area contributed by atoms with Crippen molar-refractivity contribution in [3.8, 4) is 11.3 Å². The number of hydrogen-bond donors (Lipinski definition) is 2. The molecule has 2 aromatic heterocycles. The number of nitrogens with one attached hydrogen (secondary N) is 2. The third-order valence-electron chi connectivity index (χ3n) is 3.56. The Balaban J connectivity index is 1.93. The number of anilines is 1. The van der Waals surface area contributed by atoms with Crippen LogP contribution in [0.2, 0.25) is 0 Å². The van der Waals surface area contributed by atoms with Crippen LogP contribution in [0, 0.1) is 0 Å². The molecule has 0 spiro atoms. The molecule has 0 aliphatic rings. The molecule has 0 aliphatic carbocycles. The van der Waals surface area contributed by atoms with Crippen LogP contribution in [0.15, 0.2) is 47.5 Å². The van der Waals surface area contributed by atoms with Gasteiger partial charge in [-0.05, 0) is 31.2 Å². The predicted octanol–water partition coefficient (Wildman–Crippen LogP) is 2.24. The van der Waals surface area contributed by atoms with Gasteiger partial charge in [0.25, 0.3) is 0 Å². The van der Waals surface area contributed by atoms with Crippen molar-refractivity contribution in [1.82, 2.24) is 20.3 Å². The maximum absolute atomic E-state index is 11.6. The summed E-state index contributed by atoms with van der Waals surface area (Å²) in [6.07, 6.45) is 2.75. The highest BCUT2D eigenvalue weighted by molar-refractivity contribution is 7.90. The molecular formula is C17H17N5O3S. The van der Waals surface area contributed by atoms with E-state index in [0.29, 0.717) is 29.2 Å². The van der Waals surface area contributed by atoms with E-state index in [9.17, 15) is 13.2 Å². The molecule has 0 fully saturated rings. The van der Waals surface area contributed by atoms with E-state index in [2.05, 4.69) is 25.6 Å². The summed E-state index contributed by atoms with van der Waals surface area (Å²) in [7, 11) is -3.25. The standard InChI is InChI=1S/C17H17N5O3S/c1-3-18-17(23)22-15-9-8-13-16(21-15)20-14(10-19-13)11-4-6-12(7-5-11)26(2,24)25/h4-10H,3H2,1-2H3,(H2,18,20,21,22,23). The predicted molar refractivity (Wildman–Crippen MR) is 98.6 cm³/mol. The van der Waals surface area contributed by atoms with Crippen molar-refractivity contribution in [2.24, 2.45) is 0 Å². The minimum Gasteiger partial charge on any atom is -0.338 e. The highest BCUT2D eigenvalue weighted by atomic mass is 32.2. The lowest BCUT2D eigenvalue weighted by Crippen LogP contribution is -2.28. The van der Waals surface area contributed by atoms with Crippen LogP contribution >= 0.6 is 0 Å². The van der Waals surface area contributed by atoms with Gasteiger partial charge in [0.15, 0.2) is 15.5 Å². The summed E-state index contributed by atoms with van der Waals surface area (Å²) in [6.45, 7) is 2.33. The van der Waals surface area contributed by atoms with Crippen LogP contribution in [0.1, 0.15) is 6.92 Å². The molecule has 0 radical (unpaired) electrons. The van der Waals surface area contributed by atoms with Crippen LogP contribution in [0.4, 0.5) is 10.6 Å². The first-order chi connectivity index (χ1) is 12.4. The zero-order valence-electron chi connectivity index (χ0n) is 14.2. The molecule has 0 atom stereocenters. The number of amides is 2. The van der Waals surface area contributed by atoms with E-state index in [-0.39, 0.29) is 10.9 Å². The Morgan fingerprint density at radius 3 is 2.46 bits per heavy atom. The van der Waals surface area contributed by atoms with E-state index in [1.54, 1.807) is 30.5 Å². The minimum absolute atomic E-state index is 0.238. The highest BCUT2D eigenvalue weighted by Gasteiger charge is 2.09. The molecule has 0 aliphatic heterocycles. The second-order valence-electron chi connectivity index (χ2n) is 5.58. The number of fused-ring (bicyclic) bond motifs is 1. The van der Waals surface area contributed by atoms with E-state index in [0.717, 1.165) is 11.8 Å². The lowest BCUT2D eigenvalue weighted by Gasteiger charge is -2.07. The number of carbonyl (C=O) groups is 1. The molecule has 2 amide bonds. The molecule has 8 nitrogen and oxygen atoms in total. The average molecular weight is 371 g/mol. The van der Waals surface area contributed by atoms with Crippen molar-refractivity contribution < 1.29 is 13.2 Å². The number of carbonyl (C=O) groups excluding carboxylic acids is 1. The van der Waals surface area contributed by atoms with Crippen molar-refractivity contribution in [3.05, 3.63) is 42.6 Å². The van der Waals surface area contributed by atoms with Crippen molar-refractivity contribution in [3.63, 3.8) is 0 Å². The van der Waals surface area contributed by atoms with Crippen LogP contribution in [-0.4, -0.2) is 42.2 Å². The second-order valence-corrected chi connectivity index (χ2v) is 7.59. The number of rotatable bonds is 4. The molecule has 0 bridgehead atoms. The summed E-state index contributed by atoms with van der Waals surface area (Å²) in [4.78, 5) is 24.9. The molecule has 0 saturated heterocycles. The molecule has 134 valence electrons. The Bertz CT molecular complexity index is 1070. The number of benzene rings is 1. The summed E-state index contributed by atoms with van der Waals surface area (Å²) < 4.78 is 23.1. The van der Waals surface area contributed by atoms with Gasteiger partial charge in [0.1, 0.15) is 11.3 Å². The maximum atomic E-state index is 11.6. The fourth-order valence-electron chi connectivity index (χ4n) is 2.30. The number of aromatic nitrogens is 3. The number of nitrogens with zero attached hydrogens (tertiary/aromatic N) is 3. The SMILES string of the molecule is CCNC(=O)Nc1ccc2ncc(-c3ccc(S(C)(=O)=O)cc3)nc2n1. The summed E-state index contributed by atoms with van der Waals surface area (Å²) in [5, 5.41) is 5.24. The number of sulfone groups is 1. The molecule has 3 aromatic rings. The lowest BCUT2D eigenvalue weighted by molar-refractivity contribution is 0.252. The van der Waals surface area contributed by atoms with Crippen molar-refractivity contribution in [2.45, 2.75) is 11.8 Å². The van der Waals surface area contributed by atoms with E-state index in [4.69, 9.17) is 0 Å². The Morgan fingerprint density at radius 1 is 1.08 bits per heavy atom. The van der Waals surface area contributed by atoms with Gasteiger partial charge in [-0.2, -0.15) is 0 Å². The van der Waals surface area contributed by atoms with Gasteiger partial charge in [0.05, 0.1) is 16.8 Å². The van der Waals surface area contributed by atoms with Gasteiger partial charge in [-0.25, -0.2) is 23.2 Å². The van der Waals surface area contributed by atoms with E-state index >= 15 is 0 Å². The Labute approximate surface area is 150 Å². The highest BCUT2D eigenvalue weighted by Crippen LogP contribution is 2.21. The Morgan fingerprint density at radius 2 is 1.81 bits per heavy atom. The minimum atomic E-state index is -3.25. The monoisotopic (exact) mass is 371 g/mol. The second kappa shape index (κ2) is 7.04. The first kappa shape index (κ1) is 17.7. The number of pyridine rings is 1. The molecule has 2 heterocycles. The van der Waals surface area contributed by atoms with Crippen LogP contribution in [0.5, 0.6) is 0 Å². The fourth-order valence-corrected chi connectivity index (χ4v) is 2.93. The Hall–Kier alpha value is -3.07. The van der Waals surface area contributed by atoms with E-state index < -0.39 is 9.84 Å². The molecule has 0 saturated carbocycles. The topological polar surface area (TPSA) is 114 Å². The zero-order valence-corrected chi connectivity index (χ0v) is 15.0. The Kier molecular flexibility index (Phi) is 4.81. The molecule has 2 N–H and O–H groups in total. The van der Waals surface area contributed by atoms with Crippen LogP contribution in [0.3, 0.4) is 0 Å². The van der Waals surface area contributed by atoms with Gasteiger partial charge in [-0.15, -0.1) is 0 Å². The number of hydrogen-bond acceptors (Lipinski definition) is 6. The van der Waals surface area contributed by atoms with E-state index in [1.807, 2.05) is 6.92 Å². The average Bonchev–Trinajstić information content (AvgIpc) is 2.60. The normalized spacial score (nSPS) is 11.3.